The Morgan fingerprint density at radius 3 is 2.93 bits per heavy atom. The van der Waals surface area contributed by atoms with Crippen LogP contribution in [0.1, 0.15) is 18.7 Å². The lowest BCUT2D eigenvalue weighted by Gasteiger charge is -2.11. The van der Waals surface area contributed by atoms with Crippen molar-refractivity contribution < 1.29 is 14.0 Å². The van der Waals surface area contributed by atoms with Crippen LogP contribution in [0.15, 0.2) is 33.8 Å². The van der Waals surface area contributed by atoms with E-state index >= 15 is 0 Å². The van der Waals surface area contributed by atoms with Crippen LogP contribution in [0.5, 0.6) is 0 Å². The Labute approximate surface area is 169 Å². The van der Waals surface area contributed by atoms with Crippen LogP contribution in [0.25, 0.3) is 11.4 Å². The molecule has 0 saturated carbocycles. The number of ether oxygens (including phenoxy) is 2. The van der Waals surface area contributed by atoms with Crippen molar-refractivity contribution in [2.75, 3.05) is 40.0 Å². The predicted molar refractivity (Wildman–Crippen MR) is 107 cm³/mol. The molecule has 2 N–H and O–H groups in total. The SMILES string of the molecule is CN=C(NCCCOCC1CCOC1)NCc1nc(-c2ccc(Cl)cc2)no1. The fraction of sp³-hybridized carbons (Fsp3) is 0.526. The predicted octanol–water partition coefficient (Wildman–Crippen LogP) is 2.50. The van der Waals surface area contributed by atoms with Gasteiger partial charge >= 0.3 is 0 Å². The quantitative estimate of drug-likeness (QED) is 0.374. The fourth-order valence-corrected chi connectivity index (χ4v) is 2.89. The van der Waals surface area contributed by atoms with Crippen LogP contribution in [-0.4, -0.2) is 56.1 Å². The van der Waals surface area contributed by atoms with Gasteiger partial charge in [-0.1, -0.05) is 16.8 Å². The van der Waals surface area contributed by atoms with Crippen molar-refractivity contribution in [1.29, 1.82) is 0 Å². The highest BCUT2D eigenvalue weighted by Gasteiger charge is 2.15. The smallest absolute Gasteiger partial charge is 0.246 e. The molecular weight excluding hydrogens is 382 g/mol. The third-order valence-corrected chi connectivity index (χ3v) is 4.59. The van der Waals surface area contributed by atoms with Crippen molar-refractivity contribution in [3.8, 4) is 11.4 Å². The molecule has 0 spiro atoms. The number of nitrogens with one attached hydrogen (secondary N) is 2. The van der Waals surface area contributed by atoms with Gasteiger partial charge in [0.05, 0.1) is 19.8 Å². The first-order valence-electron chi connectivity index (χ1n) is 9.43. The Kier molecular flexibility index (Phi) is 8.07. The van der Waals surface area contributed by atoms with Crippen molar-refractivity contribution in [3.05, 3.63) is 35.2 Å². The van der Waals surface area contributed by atoms with E-state index in [1.165, 1.54) is 0 Å². The number of guanidine groups is 1. The van der Waals surface area contributed by atoms with Gasteiger partial charge in [0, 0.05) is 43.3 Å². The molecule has 1 aromatic heterocycles. The number of halogens is 1. The number of nitrogens with zero attached hydrogens (tertiary/aromatic N) is 3. The minimum atomic E-state index is 0.387. The maximum absolute atomic E-state index is 5.90. The summed E-state index contributed by atoms with van der Waals surface area (Å²) in [6.07, 6.45) is 2.00. The van der Waals surface area contributed by atoms with Crippen molar-refractivity contribution in [2.45, 2.75) is 19.4 Å². The van der Waals surface area contributed by atoms with E-state index in [0.29, 0.717) is 41.8 Å². The van der Waals surface area contributed by atoms with Crippen LogP contribution in [0.3, 0.4) is 0 Å². The van der Waals surface area contributed by atoms with Gasteiger partial charge < -0.3 is 24.6 Å². The van der Waals surface area contributed by atoms with E-state index in [2.05, 4.69) is 25.8 Å². The maximum Gasteiger partial charge on any atom is 0.246 e. The summed E-state index contributed by atoms with van der Waals surface area (Å²) >= 11 is 5.90. The summed E-state index contributed by atoms with van der Waals surface area (Å²) in [6, 6.07) is 7.30. The first kappa shape index (κ1) is 20.6. The molecule has 1 fully saturated rings. The van der Waals surface area contributed by atoms with Crippen LogP contribution < -0.4 is 10.6 Å². The molecule has 152 valence electrons. The Hall–Kier alpha value is -2.16. The zero-order chi connectivity index (χ0) is 19.6. The van der Waals surface area contributed by atoms with E-state index in [4.69, 9.17) is 25.6 Å². The molecule has 1 unspecified atom stereocenters. The monoisotopic (exact) mass is 407 g/mol. The molecule has 3 rings (SSSR count). The molecule has 1 aliphatic rings. The fourth-order valence-electron chi connectivity index (χ4n) is 2.77. The summed E-state index contributed by atoms with van der Waals surface area (Å²) < 4.78 is 16.3. The average molecular weight is 408 g/mol. The van der Waals surface area contributed by atoms with Crippen molar-refractivity contribution in [1.82, 2.24) is 20.8 Å². The van der Waals surface area contributed by atoms with Crippen LogP contribution in [0.4, 0.5) is 0 Å². The first-order chi connectivity index (χ1) is 13.7. The Morgan fingerprint density at radius 2 is 2.18 bits per heavy atom. The summed E-state index contributed by atoms with van der Waals surface area (Å²) in [7, 11) is 1.72. The number of aromatic nitrogens is 2. The van der Waals surface area contributed by atoms with Gasteiger partial charge in [-0.2, -0.15) is 4.98 Å². The molecule has 1 aliphatic heterocycles. The van der Waals surface area contributed by atoms with Gasteiger partial charge in [0.15, 0.2) is 5.96 Å². The normalized spacial score (nSPS) is 17.1. The minimum absolute atomic E-state index is 0.387. The highest BCUT2D eigenvalue weighted by molar-refractivity contribution is 6.30. The summed E-state index contributed by atoms with van der Waals surface area (Å²) in [5.74, 6) is 2.24. The molecule has 2 heterocycles. The third-order valence-electron chi connectivity index (χ3n) is 4.34. The number of hydrogen-bond acceptors (Lipinski definition) is 6. The summed E-state index contributed by atoms with van der Waals surface area (Å²) in [6.45, 7) is 4.33. The number of hydrogen-bond donors (Lipinski definition) is 2. The van der Waals surface area contributed by atoms with Crippen molar-refractivity contribution in [2.24, 2.45) is 10.9 Å². The second kappa shape index (κ2) is 11.0. The van der Waals surface area contributed by atoms with Crippen LogP contribution >= 0.6 is 11.6 Å². The summed E-state index contributed by atoms with van der Waals surface area (Å²) in [5, 5.41) is 11.1. The lowest BCUT2D eigenvalue weighted by Crippen LogP contribution is -2.37. The standard InChI is InChI=1S/C19H26ClN5O3/c1-21-19(22-8-2-9-26-12-14-7-10-27-13-14)23-11-17-24-18(25-28-17)15-3-5-16(20)6-4-15/h3-6,14H,2,7-13H2,1H3,(H2,21,22,23). The molecular formula is C19H26ClN5O3. The average Bonchev–Trinajstić information content (AvgIpc) is 3.39. The van der Waals surface area contributed by atoms with Gasteiger partial charge in [-0.15, -0.1) is 0 Å². The van der Waals surface area contributed by atoms with E-state index in [0.717, 1.165) is 44.8 Å². The second-order valence-corrected chi connectivity index (χ2v) is 6.97. The Morgan fingerprint density at radius 1 is 1.32 bits per heavy atom. The Bertz CT molecular complexity index is 744. The molecule has 8 nitrogen and oxygen atoms in total. The maximum atomic E-state index is 5.90. The molecule has 1 aromatic carbocycles. The lowest BCUT2D eigenvalue weighted by atomic mass is 10.1. The first-order valence-corrected chi connectivity index (χ1v) is 9.81. The zero-order valence-corrected chi connectivity index (χ0v) is 16.7. The van der Waals surface area contributed by atoms with Crippen molar-refractivity contribution in [3.63, 3.8) is 0 Å². The minimum Gasteiger partial charge on any atom is -0.381 e. The van der Waals surface area contributed by atoms with E-state index in [-0.39, 0.29) is 0 Å². The van der Waals surface area contributed by atoms with E-state index in [1.807, 2.05) is 12.1 Å². The Balaban J connectivity index is 1.33. The zero-order valence-electron chi connectivity index (χ0n) is 16.0. The van der Waals surface area contributed by atoms with Gasteiger partial charge in [-0.05, 0) is 37.1 Å². The summed E-state index contributed by atoms with van der Waals surface area (Å²) in [5.41, 5.74) is 0.853. The van der Waals surface area contributed by atoms with Gasteiger partial charge in [0.25, 0.3) is 0 Å². The largest absolute Gasteiger partial charge is 0.381 e. The molecule has 28 heavy (non-hydrogen) atoms. The van der Waals surface area contributed by atoms with E-state index in [9.17, 15) is 0 Å². The van der Waals surface area contributed by atoms with Crippen LogP contribution in [-0.2, 0) is 16.0 Å². The van der Waals surface area contributed by atoms with E-state index < -0.39 is 0 Å². The lowest BCUT2D eigenvalue weighted by molar-refractivity contribution is 0.0888. The molecule has 0 bridgehead atoms. The molecule has 0 radical (unpaired) electrons. The van der Waals surface area contributed by atoms with E-state index in [1.54, 1.807) is 19.2 Å². The van der Waals surface area contributed by atoms with Gasteiger partial charge in [-0.25, -0.2) is 0 Å². The van der Waals surface area contributed by atoms with Crippen molar-refractivity contribution >= 4 is 17.6 Å². The van der Waals surface area contributed by atoms with Gasteiger partial charge in [0.2, 0.25) is 11.7 Å². The second-order valence-electron chi connectivity index (χ2n) is 6.53. The number of rotatable bonds is 9. The molecule has 0 amide bonds. The van der Waals surface area contributed by atoms with Crippen LogP contribution in [0, 0.1) is 5.92 Å². The molecule has 1 atom stereocenters. The topological polar surface area (TPSA) is 93.8 Å². The van der Waals surface area contributed by atoms with Gasteiger partial charge in [0.1, 0.15) is 0 Å². The molecule has 9 heteroatoms. The molecule has 1 saturated heterocycles. The third kappa shape index (κ3) is 6.47. The molecule has 2 aromatic rings. The highest BCUT2D eigenvalue weighted by atomic mass is 35.5. The van der Waals surface area contributed by atoms with Gasteiger partial charge in [-0.3, -0.25) is 4.99 Å². The van der Waals surface area contributed by atoms with Crippen LogP contribution in [0.2, 0.25) is 5.02 Å². The number of benzene rings is 1. The molecule has 0 aliphatic carbocycles. The summed E-state index contributed by atoms with van der Waals surface area (Å²) in [4.78, 5) is 8.57. The highest BCUT2D eigenvalue weighted by Crippen LogP contribution is 2.18. The number of aliphatic imine (C=N–C) groups is 1.